The number of carbonyl (C=O) groups excluding carboxylic acids is 1. The van der Waals surface area contributed by atoms with Gasteiger partial charge in [0, 0.05) is 17.9 Å². The largest absolute Gasteiger partial charge is 0.468 e. The average Bonchev–Trinajstić information content (AvgIpc) is 3.36. The normalized spacial score (nSPS) is 16.2. The summed E-state index contributed by atoms with van der Waals surface area (Å²) in [5.41, 5.74) is 1.74. The van der Waals surface area contributed by atoms with E-state index in [9.17, 15) is 4.79 Å². The first-order valence-corrected chi connectivity index (χ1v) is 8.88. The van der Waals surface area contributed by atoms with Crippen molar-refractivity contribution in [2.75, 3.05) is 19.6 Å². The number of hydrogen-bond acceptors (Lipinski definition) is 6. The van der Waals surface area contributed by atoms with Crippen molar-refractivity contribution in [3.8, 4) is 0 Å². The number of aromatic nitrogens is 4. The zero-order chi connectivity index (χ0) is 18.1. The molecule has 8 nitrogen and oxygen atoms in total. The summed E-state index contributed by atoms with van der Waals surface area (Å²) in [5.74, 6) is 1.13. The summed E-state index contributed by atoms with van der Waals surface area (Å²) in [7, 11) is 0. The number of likely N-dealkylation sites (tertiary alicyclic amines) is 1. The molecule has 1 fully saturated rings. The molecule has 0 saturated carbocycles. The standard InChI is InChI=1S/C18H22N6O2/c1-12-10-13(2)24-18(20-12)21-16(22-24)17(25)19-11-14(15-6-5-9-26-15)23-7-3-4-8-23/h5-6,9-10,14H,3-4,7-8,11H2,1-2H3,(H,19,25). The van der Waals surface area contributed by atoms with E-state index in [0.717, 1.165) is 30.2 Å². The summed E-state index contributed by atoms with van der Waals surface area (Å²) >= 11 is 0. The Balaban J connectivity index is 1.51. The predicted molar refractivity (Wildman–Crippen MR) is 94.8 cm³/mol. The predicted octanol–water partition coefficient (Wildman–Crippen LogP) is 1.90. The van der Waals surface area contributed by atoms with Gasteiger partial charge in [-0.1, -0.05) is 0 Å². The van der Waals surface area contributed by atoms with Crippen molar-refractivity contribution in [2.24, 2.45) is 0 Å². The Labute approximate surface area is 151 Å². The molecule has 0 aliphatic carbocycles. The number of furan rings is 1. The van der Waals surface area contributed by atoms with E-state index in [1.807, 2.05) is 32.0 Å². The van der Waals surface area contributed by atoms with Crippen molar-refractivity contribution < 1.29 is 9.21 Å². The quantitative estimate of drug-likeness (QED) is 0.753. The maximum absolute atomic E-state index is 12.6. The number of amides is 1. The van der Waals surface area contributed by atoms with Crippen molar-refractivity contribution in [3.63, 3.8) is 0 Å². The highest BCUT2D eigenvalue weighted by atomic mass is 16.3. The second-order valence-electron chi connectivity index (χ2n) is 6.67. The topological polar surface area (TPSA) is 88.6 Å². The minimum absolute atomic E-state index is 0.0237. The minimum atomic E-state index is -0.302. The highest BCUT2D eigenvalue weighted by Crippen LogP contribution is 2.24. The van der Waals surface area contributed by atoms with Crippen LogP contribution in [0.5, 0.6) is 0 Å². The Morgan fingerprint density at radius 2 is 2.12 bits per heavy atom. The minimum Gasteiger partial charge on any atom is -0.468 e. The number of fused-ring (bicyclic) bond motifs is 1. The lowest BCUT2D eigenvalue weighted by Gasteiger charge is -2.25. The van der Waals surface area contributed by atoms with Gasteiger partial charge in [0.2, 0.25) is 5.82 Å². The summed E-state index contributed by atoms with van der Waals surface area (Å²) in [6, 6.07) is 5.76. The summed E-state index contributed by atoms with van der Waals surface area (Å²) in [6.45, 7) is 6.28. The molecule has 1 amide bonds. The van der Waals surface area contributed by atoms with Gasteiger partial charge in [-0.05, 0) is 58.0 Å². The molecule has 4 rings (SSSR count). The number of hydrogen-bond donors (Lipinski definition) is 1. The van der Waals surface area contributed by atoms with E-state index in [4.69, 9.17) is 4.42 Å². The molecule has 0 bridgehead atoms. The molecule has 8 heteroatoms. The van der Waals surface area contributed by atoms with Crippen LogP contribution in [0.15, 0.2) is 28.9 Å². The zero-order valence-electron chi connectivity index (χ0n) is 15.0. The van der Waals surface area contributed by atoms with Crippen molar-refractivity contribution in [3.05, 3.63) is 47.4 Å². The van der Waals surface area contributed by atoms with Crippen LogP contribution in [0.3, 0.4) is 0 Å². The molecule has 1 aliphatic rings. The molecule has 4 heterocycles. The lowest BCUT2D eigenvalue weighted by molar-refractivity contribution is 0.0923. The molecule has 26 heavy (non-hydrogen) atoms. The molecule has 1 aliphatic heterocycles. The Kier molecular flexibility index (Phi) is 4.42. The van der Waals surface area contributed by atoms with E-state index in [1.165, 1.54) is 12.8 Å². The molecule has 0 spiro atoms. The van der Waals surface area contributed by atoms with Crippen molar-refractivity contribution in [1.29, 1.82) is 0 Å². The van der Waals surface area contributed by atoms with E-state index >= 15 is 0 Å². The number of aryl methyl sites for hydroxylation is 2. The maximum Gasteiger partial charge on any atom is 0.291 e. The van der Waals surface area contributed by atoms with Gasteiger partial charge in [0.15, 0.2) is 0 Å². The van der Waals surface area contributed by atoms with E-state index in [1.54, 1.807) is 10.8 Å². The Morgan fingerprint density at radius 3 is 2.85 bits per heavy atom. The Hall–Kier alpha value is -2.74. The SMILES string of the molecule is Cc1cc(C)n2nc(C(=O)NCC(c3ccco3)N3CCCC3)nc2n1. The fourth-order valence-corrected chi connectivity index (χ4v) is 3.47. The van der Waals surface area contributed by atoms with Crippen molar-refractivity contribution in [2.45, 2.75) is 32.7 Å². The molecule has 1 saturated heterocycles. The highest BCUT2D eigenvalue weighted by molar-refractivity contribution is 5.90. The van der Waals surface area contributed by atoms with Gasteiger partial charge in [-0.3, -0.25) is 9.69 Å². The molecule has 136 valence electrons. The van der Waals surface area contributed by atoms with Crippen LogP contribution < -0.4 is 5.32 Å². The average molecular weight is 354 g/mol. The number of rotatable bonds is 5. The fraction of sp³-hybridized carbons (Fsp3) is 0.444. The van der Waals surface area contributed by atoms with E-state index < -0.39 is 0 Å². The van der Waals surface area contributed by atoms with Crippen molar-refractivity contribution >= 4 is 11.7 Å². The highest BCUT2D eigenvalue weighted by Gasteiger charge is 2.26. The van der Waals surface area contributed by atoms with Gasteiger partial charge in [0.1, 0.15) is 5.76 Å². The molecule has 1 unspecified atom stereocenters. The third-order valence-corrected chi connectivity index (χ3v) is 4.73. The number of carbonyl (C=O) groups is 1. The first-order chi connectivity index (χ1) is 12.6. The van der Waals surface area contributed by atoms with Crippen LogP contribution in [0, 0.1) is 13.8 Å². The van der Waals surface area contributed by atoms with Crippen molar-refractivity contribution in [1.82, 2.24) is 29.8 Å². The van der Waals surface area contributed by atoms with Crippen LogP contribution in [-0.4, -0.2) is 50.0 Å². The van der Waals surface area contributed by atoms with Crippen LogP contribution in [0.4, 0.5) is 0 Å². The van der Waals surface area contributed by atoms with Gasteiger partial charge in [0.05, 0.1) is 12.3 Å². The summed E-state index contributed by atoms with van der Waals surface area (Å²) in [4.78, 5) is 23.5. The van der Waals surface area contributed by atoms with E-state index in [0.29, 0.717) is 12.3 Å². The van der Waals surface area contributed by atoms with Crippen LogP contribution in [0.2, 0.25) is 0 Å². The number of nitrogens with one attached hydrogen (secondary N) is 1. The molecule has 1 N–H and O–H groups in total. The van der Waals surface area contributed by atoms with E-state index in [-0.39, 0.29) is 17.8 Å². The third-order valence-electron chi connectivity index (χ3n) is 4.73. The molecule has 3 aromatic rings. The van der Waals surface area contributed by atoms with Gasteiger partial charge >= 0.3 is 0 Å². The van der Waals surface area contributed by atoms with Crippen LogP contribution in [-0.2, 0) is 0 Å². The lowest BCUT2D eigenvalue weighted by Crippen LogP contribution is -2.37. The van der Waals surface area contributed by atoms with Crippen LogP contribution in [0.1, 0.15) is 46.7 Å². The monoisotopic (exact) mass is 354 g/mol. The zero-order valence-corrected chi connectivity index (χ0v) is 15.0. The smallest absolute Gasteiger partial charge is 0.291 e. The first-order valence-electron chi connectivity index (χ1n) is 8.88. The van der Waals surface area contributed by atoms with Crippen LogP contribution in [0.25, 0.3) is 5.78 Å². The second kappa shape index (κ2) is 6.87. The van der Waals surface area contributed by atoms with Gasteiger partial charge in [-0.15, -0.1) is 5.10 Å². The summed E-state index contributed by atoms with van der Waals surface area (Å²) < 4.78 is 7.17. The number of nitrogens with zero attached hydrogens (tertiary/aromatic N) is 5. The molecule has 3 aromatic heterocycles. The fourth-order valence-electron chi connectivity index (χ4n) is 3.47. The van der Waals surface area contributed by atoms with Gasteiger partial charge in [-0.2, -0.15) is 4.98 Å². The summed E-state index contributed by atoms with van der Waals surface area (Å²) in [5, 5.41) is 7.24. The Morgan fingerprint density at radius 1 is 1.31 bits per heavy atom. The maximum atomic E-state index is 12.6. The molecule has 0 aromatic carbocycles. The lowest BCUT2D eigenvalue weighted by atomic mass is 10.2. The van der Waals surface area contributed by atoms with Gasteiger partial charge < -0.3 is 9.73 Å². The molecular weight excluding hydrogens is 332 g/mol. The first kappa shape index (κ1) is 16.7. The Bertz CT molecular complexity index is 911. The second-order valence-corrected chi connectivity index (χ2v) is 6.67. The van der Waals surface area contributed by atoms with E-state index in [2.05, 4.69) is 25.3 Å². The molecule has 0 radical (unpaired) electrons. The molecule has 1 atom stereocenters. The van der Waals surface area contributed by atoms with Crippen LogP contribution >= 0.6 is 0 Å². The third kappa shape index (κ3) is 3.20. The van der Waals surface area contributed by atoms with Gasteiger partial charge in [-0.25, -0.2) is 9.50 Å². The van der Waals surface area contributed by atoms with Gasteiger partial charge in [0.25, 0.3) is 11.7 Å². The summed E-state index contributed by atoms with van der Waals surface area (Å²) in [6.07, 6.45) is 4.01. The molecular formula is C18H22N6O2.